The zero-order valence-electron chi connectivity index (χ0n) is 11.9. The topological polar surface area (TPSA) is 59.8 Å². The fourth-order valence-electron chi connectivity index (χ4n) is 2.37. The van der Waals surface area contributed by atoms with E-state index in [-0.39, 0.29) is 11.9 Å². The van der Waals surface area contributed by atoms with Crippen LogP contribution in [0, 0.1) is 0 Å². The second-order valence-electron chi connectivity index (χ2n) is 4.98. The molecule has 5 heteroatoms. The molecule has 0 bridgehead atoms. The van der Waals surface area contributed by atoms with Gasteiger partial charge in [-0.05, 0) is 31.2 Å². The normalized spacial score (nSPS) is 12.3. The van der Waals surface area contributed by atoms with E-state index in [9.17, 15) is 4.79 Å². The molecule has 0 aliphatic carbocycles. The Morgan fingerprint density at radius 3 is 2.76 bits per heavy atom. The minimum Gasteiger partial charge on any atom is -0.344 e. The maximum atomic E-state index is 12.5. The highest BCUT2D eigenvalue weighted by Crippen LogP contribution is 2.19. The Morgan fingerprint density at radius 1 is 1.19 bits per heavy atom. The van der Waals surface area contributed by atoms with Crippen molar-refractivity contribution in [2.75, 3.05) is 0 Å². The van der Waals surface area contributed by atoms with Gasteiger partial charge in [-0.15, -0.1) is 0 Å². The molecule has 0 aliphatic rings. The van der Waals surface area contributed by atoms with Crippen molar-refractivity contribution in [3.63, 3.8) is 0 Å². The number of amides is 1. The van der Waals surface area contributed by atoms with Crippen LogP contribution in [0.15, 0.2) is 48.9 Å². The summed E-state index contributed by atoms with van der Waals surface area (Å²) in [6.07, 6.45) is 5.25. The van der Waals surface area contributed by atoms with Crippen LogP contribution < -0.4 is 5.32 Å². The number of carbonyl (C=O) groups is 1. The fraction of sp³-hybridized carbons (Fsp3) is 0.188. The number of hydrogen-bond acceptors (Lipinski definition) is 3. The maximum Gasteiger partial charge on any atom is 0.254 e. The van der Waals surface area contributed by atoms with Crippen molar-refractivity contribution in [3.8, 4) is 0 Å². The highest BCUT2D eigenvalue weighted by molar-refractivity contribution is 6.06. The van der Waals surface area contributed by atoms with Gasteiger partial charge in [0.25, 0.3) is 5.91 Å². The van der Waals surface area contributed by atoms with Crippen LogP contribution >= 0.6 is 0 Å². The Kier molecular flexibility index (Phi) is 3.39. The summed E-state index contributed by atoms with van der Waals surface area (Å²) in [5.74, 6) is -0.119. The van der Waals surface area contributed by atoms with Gasteiger partial charge in [-0.3, -0.25) is 9.78 Å². The first-order valence-corrected chi connectivity index (χ1v) is 6.78. The van der Waals surface area contributed by atoms with Crippen LogP contribution in [-0.2, 0) is 7.05 Å². The molecular weight excluding hydrogens is 264 g/mol. The number of fused-ring (bicyclic) bond motifs is 1. The Labute approximate surface area is 122 Å². The molecule has 21 heavy (non-hydrogen) atoms. The van der Waals surface area contributed by atoms with E-state index in [2.05, 4.69) is 15.3 Å². The number of rotatable bonds is 3. The first-order chi connectivity index (χ1) is 10.2. The molecule has 1 atom stereocenters. The molecule has 0 aromatic carbocycles. The first-order valence-electron chi connectivity index (χ1n) is 6.78. The van der Waals surface area contributed by atoms with Gasteiger partial charge in [-0.25, -0.2) is 4.98 Å². The Balaban J connectivity index is 1.88. The molecule has 3 aromatic heterocycles. The summed E-state index contributed by atoms with van der Waals surface area (Å²) in [6.45, 7) is 1.92. The molecule has 0 aliphatic heterocycles. The lowest BCUT2D eigenvalue weighted by molar-refractivity contribution is 0.0940. The molecule has 0 saturated carbocycles. The molecule has 0 fully saturated rings. The summed E-state index contributed by atoms with van der Waals surface area (Å²) in [7, 11) is 1.88. The first kappa shape index (κ1) is 13.3. The number of nitrogens with zero attached hydrogens (tertiary/aromatic N) is 3. The second kappa shape index (κ2) is 5.36. The van der Waals surface area contributed by atoms with Gasteiger partial charge in [0.05, 0.1) is 17.3 Å². The van der Waals surface area contributed by atoms with Crippen LogP contribution in [0.3, 0.4) is 0 Å². The van der Waals surface area contributed by atoms with Crippen molar-refractivity contribution in [3.05, 3.63) is 60.2 Å². The van der Waals surface area contributed by atoms with E-state index in [0.29, 0.717) is 5.56 Å². The lowest BCUT2D eigenvalue weighted by atomic mass is 10.1. The molecule has 3 rings (SSSR count). The second-order valence-corrected chi connectivity index (χ2v) is 4.98. The number of aryl methyl sites for hydroxylation is 1. The average Bonchev–Trinajstić information content (AvgIpc) is 2.86. The molecule has 5 nitrogen and oxygen atoms in total. The number of pyridine rings is 2. The van der Waals surface area contributed by atoms with E-state index >= 15 is 0 Å². The van der Waals surface area contributed by atoms with Crippen LogP contribution in [0.2, 0.25) is 0 Å². The van der Waals surface area contributed by atoms with E-state index in [1.807, 2.05) is 48.9 Å². The number of aromatic nitrogens is 3. The van der Waals surface area contributed by atoms with Crippen LogP contribution in [0.4, 0.5) is 0 Å². The standard InChI is InChI=1S/C16H16N4O/c1-11(14-7-3-4-8-17-14)19-16(21)13-10-20(2)15-12(13)6-5-9-18-15/h3-11H,1-2H3,(H,19,21). The Bertz CT molecular complexity index is 779. The average molecular weight is 280 g/mol. The maximum absolute atomic E-state index is 12.5. The SMILES string of the molecule is CC(NC(=O)c1cn(C)c2ncccc12)c1ccccn1. The number of carbonyl (C=O) groups excluding carboxylic acids is 1. The molecule has 0 radical (unpaired) electrons. The van der Waals surface area contributed by atoms with Crippen molar-refractivity contribution in [1.82, 2.24) is 19.9 Å². The minimum absolute atomic E-state index is 0.119. The van der Waals surface area contributed by atoms with E-state index in [0.717, 1.165) is 16.7 Å². The predicted molar refractivity (Wildman–Crippen MR) is 80.8 cm³/mol. The molecule has 0 saturated heterocycles. The highest BCUT2D eigenvalue weighted by atomic mass is 16.1. The summed E-state index contributed by atoms with van der Waals surface area (Å²) < 4.78 is 1.86. The molecule has 3 aromatic rings. The monoisotopic (exact) mass is 280 g/mol. The van der Waals surface area contributed by atoms with E-state index in [1.54, 1.807) is 18.6 Å². The smallest absolute Gasteiger partial charge is 0.254 e. The number of hydrogen-bond donors (Lipinski definition) is 1. The quantitative estimate of drug-likeness (QED) is 0.801. The zero-order valence-corrected chi connectivity index (χ0v) is 11.9. The van der Waals surface area contributed by atoms with Gasteiger partial charge in [-0.2, -0.15) is 0 Å². The molecule has 1 amide bonds. The van der Waals surface area contributed by atoms with Crippen molar-refractivity contribution < 1.29 is 4.79 Å². The van der Waals surface area contributed by atoms with Gasteiger partial charge >= 0.3 is 0 Å². The van der Waals surface area contributed by atoms with Crippen LogP contribution in [-0.4, -0.2) is 20.4 Å². The lowest BCUT2D eigenvalue weighted by Gasteiger charge is -2.12. The van der Waals surface area contributed by atoms with Crippen LogP contribution in [0.5, 0.6) is 0 Å². The van der Waals surface area contributed by atoms with Gasteiger partial charge in [0.1, 0.15) is 5.65 Å². The predicted octanol–water partition coefficient (Wildman–Crippen LogP) is 2.46. The van der Waals surface area contributed by atoms with Gasteiger partial charge in [0.15, 0.2) is 0 Å². The number of nitrogens with one attached hydrogen (secondary N) is 1. The highest BCUT2D eigenvalue weighted by Gasteiger charge is 2.17. The Morgan fingerprint density at radius 2 is 2.00 bits per heavy atom. The van der Waals surface area contributed by atoms with Crippen LogP contribution in [0.25, 0.3) is 11.0 Å². The minimum atomic E-state index is -0.148. The third kappa shape index (κ3) is 2.50. The molecule has 1 unspecified atom stereocenters. The van der Waals surface area contributed by atoms with Gasteiger partial charge in [-0.1, -0.05) is 6.07 Å². The van der Waals surface area contributed by atoms with E-state index < -0.39 is 0 Å². The van der Waals surface area contributed by atoms with E-state index in [1.165, 1.54) is 0 Å². The summed E-state index contributed by atoms with van der Waals surface area (Å²) in [4.78, 5) is 21.0. The molecule has 106 valence electrons. The summed E-state index contributed by atoms with van der Waals surface area (Å²) in [5.41, 5.74) is 2.26. The third-order valence-electron chi connectivity index (χ3n) is 3.46. The van der Waals surface area contributed by atoms with Crippen molar-refractivity contribution in [1.29, 1.82) is 0 Å². The summed E-state index contributed by atoms with van der Waals surface area (Å²) in [5, 5.41) is 3.83. The fourth-order valence-corrected chi connectivity index (χ4v) is 2.37. The van der Waals surface area contributed by atoms with Crippen molar-refractivity contribution in [2.45, 2.75) is 13.0 Å². The molecule has 0 spiro atoms. The van der Waals surface area contributed by atoms with E-state index in [4.69, 9.17) is 0 Å². The van der Waals surface area contributed by atoms with Gasteiger partial charge in [0, 0.05) is 31.0 Å². The molecular formula is C16H16N4O. The van der Waals surface area contributed by atoms with Gasteiger partial charge < -0.3 is 9.88 Å². The third-order valence-corrected chi connectivity index (χ3v) is 3.46. The molecule has 3 heterocycles. The largest absolute Gasteiger partial charge is 0.344 e. The molecule has 1 N–H and O–H groups in total. The lowest BCUT2D eigenvalue weighted by Crippen LogP contribution is -2.27. The van der Waals surface area contributed by atoms with Gasteiger partial charge in [0.2, 0.25) is 0 Å². The van der Waals surface area contributed by atoms with Crippen molar-refractivity contribution >= 4 is 16.9 Å². The van der Waals surface area contributed by atoms with Crippen LogP contribution in [0.1, 0.15) is 29.0 Å². The summed E-state index contributed by atoms with van der Waals surface area (Å²) >= 11 is 0. The Hall–Kier alpha value is -2.69. The zero-order chi connectivity index (χ0) is 14.8. The van der Waals surface area contributed by atoms with Crippen molar-refractivity contribution in [2.24, 2.45) is 7.05 Å². The summed E-state index contributed by atoms with van der Waals surface area (Å²) in [6, 6.07) is 9.26.